The van der Waals surface area contributed by atoms with Crippen molar-refractivity contribution in [2.45, 2.75) is 84.0 Å². The third-order valence-electron chi connectivity index (χ3n) is 8.70. The summed E-state index contributed by atoms with van der Waals surface area (Å²) in [5.74, 6) is 2.46. The van der Waals surface area contributed by atoms with Gasteiger partial charge in [-0.3, -0.25) is 0 Å². The van der Waals surface area contributed by atoms with E-state index in [4.69, 9.17) is 4.74 Å². The first-order valence-electron chi connectivity index (χ1n) is 13.8. The highest BCUT2D eigenvalue weighted by molar-refractivity contribution is 5.85. The molecule has 2 aromatic carbocycles. The molecule has 0 bridgehead atoms. The molecule has 0 unspecified atom stereocenters. The molecule has 0 heterocycles. The zero-order chi connectivity index (χ0) is 24.6. The normalized spacial score (nSPS) is 25.2. The van der Waals surface area contributed by atoms with E-state index in [0.29, 0.717) is 35.6 Å². The summed E-state index contributed by atoms with van der Waals surface area (Å²) in [6.45, 7) is 6.21. The average Bonchev–Trinajstić information content (AvgIpc) is 2.90. The first kappa shape index (κ1) is 25.9. The van der Waals surface area contributed by atoms with Crippen molar-refractivity contribution in [1.29, 1.82) is 0 Å². The maximum atomic E-state index is 14.9. The fourth-order valence-corrected chi connectivity index (χ4v) is 6.48. The third kappa shape index (κ3) is 6.74. The number of fused-ring (bicyclic) bond motifs is 1. The van der Waals surface area contributed by atoms with E-state index in [1.54, 1.807) is 6.07 Å². The first-order valence-corrected chi connectivity index (χ1v) is 13.8. The van der Waals surface area contributed by atoms with Crippen LogP contribution >= 0.6 is 0 Å². The molecule has 2 aromatic rings. The number of rotatable bonds is 10. The Balaban J connectivity index is 1.28. The molecule has 0 N–H and O–H groups in total. The maximum absolute atomic E-state index is 14.9. The largest absolute Gasteiger partial charge is 0.490 e. The van der Waals surface area contributed by atoms with E-state index < -0.39 is 11.6 Å². The van der Waals surface area contributed by atoms with E-state index in [9.17, 15) is 8.78 Å². The molecule has 1 nitrogen and oxygen atoms in total. The van der Waals surface area contributed by atoms with Crippen LogP contribution in [0.1, 0.15) is 83.1 Å². The van der Waals surface area contributed by atoms with E-state index in [-0.39, 0.29) is 0 Å². The minimum Gasteiger partial charge on any atom is -0.490 e. The zero-order valence-corrected chi connectivity index (χ0v) is 21.4. The van der Waals surface area contributed by atoms with Crippen LogP contribution < -0.4 is 4.74 Å². The molecule has 0 atom stereocenters. The van der Waals surface area contributed by atoms with Crippen molar-refractivity contribution in [2.75, 3.05) is 6.61 Å². The van der Waals surface area contributed by atoms with Crippen LogP contribution in [0.15, 0.2) is 49.1 Å². The van der Waals surface area contributed by atoms with Gasteiger partial charge >= 0.3 is 0 Å². The lowest BCUT2D eigenvalue weighted by Gasteiger charge is -2.38. The second-order valence-corrected chi connectivity index (χ2v) is 10.9. The fourth-order valence-electron chi connectivity index (χ4n) is 6.48. The molecule has 0 aromatic heterocycles. The number of hydrogen-bond acceptors (Lipinski definition) is 1. The molecule has 2 saturated carbocycles. The van der Waals surface area contributed by atoms with Crippen molar-refractivity contribution in [3.05, 3.63) is 66.3 Å². The van der Waals surface area contributed by atoms with Gasteiger partial charge in [0.05, 0.1) is 0 Å². The van der Waals surface area contributed by atoms with Crippen LogP contribution in [0, 0.1) is 35.3 Å². The molecular formula is C32H42F2O. The second kappa shape index (κ2) is 12.7. The smallest absolute Gasteiger partial charge is 0.167 e. The minimum atomic E-state index is -0.749. The van der Waals surface area contributed by atoms with Crippen LogP contribution in [0.3, 0.4) is 0 Å². The summed E-state index contributed by atoms with van der Waals surface area (Å²) in [7, 11) is 0. The highest BCUT2D eigenvalue weighted by atomic mass is 19.2. The summed E-state index contributed by atoms with van der Waals surface area (Å²) in [6.07, 6.45) is 20.6. The SMILES string of the molecule is C=CCCC1CCC(C2CCC(CCc3cc4ccc(OCC=CC)cc4c(F)c3F)CC2)CC1. The Hall–Kier alpha value is -2.16. The Morgan fingerprint density at radius 3 is 2.17 bits per heavy atom. The van der Waals surface area contributed by atoms with Crippen LogP contribution in [-0.2, 0) is 6.42 Å². The number of aryl methyl sites for hydroxylation is 1. The number of ether oxygens (including phenoxy) is 1. The molecule has 2 aliphatic rings. The highest BCUT2D eigenvalue weighted by Gasteiger charge is 2.30. The number of hydrogen-bond donors (Lipinski definition) is 0. The fraction of sp³-hybridized carbons (Fsp3) is 0.562. The van der Waals surface area contributed by atoms with Gasteiger partial charge in [-0.15, -0.1) is 6.58 Å². The van der Waals surface area contributed by atoms with Gasteiger partial charge in [-0.05, 0) is 111 Å². The van der Waals surface area contributed by atoms with E-state index in [0.717, 1.165) is 36.0 Å². The quantitative estimate of drug-likeness (QED) is 0.308. The van der Waals surface area contributed by atoms with Gasteiger partial charge in [0.1, 0.15) is 12.4 Å². The summed E-state index contributed by atoms with van der Waals surface area (Å²) in [5.41, 5.74) is 0.512. The van der Waals surface area contributed by atoms with Gasteiger partial charge in [0.25, 0.3) is 0 Å². The Morgan fingerprint density at radius 2 is 1.54 bits per heavy atom. The maximum Gasteiger partial charge on any atom is 0.167 e. The first-order chi connectivity index (χ1) is 17.1. The van der Waals surface area contributed by atoms with Crippen LogP contribution in [0.2, 0.25) is 0 Å². The molecule has 0 saturated heterocycles. The molecule has 190 valence electrons. The second-order valence-electron chi connectivity index (χ2n) is 10.9. The summed E-state index contributed by atoms with van der Waals surface area (Å²) in [4.78, 5) is 0. The van der Waals surface area contributed by atoms with Crippen molar-refractivity contribution in [3.8, 4) is 5.75 Å². The van der Waals surface area contributed by atoms with Crippen LogP contribution in [0.5, 0.6) is 5.75 Å². The lowest BCUT2D eigenvalue weighted by Crippen LogP contribution is -2.26. The summed E-state index contributed by atoms with van der Waals surface area (Å²) in [6, 6.07) is 7.11. The van der Waals surface area contributed by atoms with Crippen molar-refractivity contribution in [3.63, 3.8) is 0 Å². The minimum absolute atomic E-state index is 0.295. The van der Waals surface area contributed by atoms with Crippen molar-refractivity contribution in [1.82, 2.24) is 0 Å². The van der Waals surface area contributed by atoms with Crippen molar-refractivity contribution >= 4 is 10.8 Å². The standard InChI is InChI=1S/C32H42F2O/c1-3-5-7-23-8-13-25(14-9-23)26-15-10-24(11-16-26)12-17-28-21-27-18-19-29(35-20-6-4-2)22-30(27)32(34)31(28)33/h3-4,6,18-19,21-26H,1,5,7-17,20H2,2H3. The van der Waals surface area contributed by atoms with Gasteiger partial charge in [-0.25, -0.2) is 8.78 Å². The van der Waals surface area contributed by atoms with Crippen LogP contribution in [0.25, 0.3) is 10.8 Å². The van der Waals surface area contributed by atoms with Gasteiger partial charge in [0, 0.05) is 5.39 Å². The van der Waals surface area contributed by atoms with Crippen molar-refractivity contribution < 1.29 is 13.5 Å². The summed E-state index contributed by atoms with van der Waals surface area (Å²) >= 11 is 0. The van der Waals surface area contributed by atoms with Gasteiger partial charge in [-0.2, -0.15) is 0 Å². The monoisotopic (exact) mass is 480 g/mol. The Kier molecular flexibility index (Phi) is 9.40. The average molecular weight is 481 g/mol. The summed E-state index contributed by atoms with van der Waals surface area (Å²) < 4.78 is 35.4. The molecule has 3 heteroatoms. The number of allylic oxidation sites excluding steroid dienone is 2. The molecular weight excluding hydrogens is 438 g/mol. The Morgan fingerprint density at radius 1 is 0.886 bits per heavy atom. The predicted molar refractivity (Wildman–Crippen MR) is 143 cm³/mol. The molecule has 4 rings (SSSR count). The van der Waals surface area contributed by atoms with Crippen molar-refractivity contribution in [2.24, 2.45) is 23.7 Å². The van der Waals surface area contributed by atoms with Gasteiger partial charge in [-0.1, -0.05) is 50.0 Å². The molecule has 0 amide bonds. The Bertz CT molecular complexity index is 994. The van der Waals surface area contributed by atoms with Crippen LogP contribution in [0.4, 0.5) is 8.78 Å². The number of benzene rings is 2. The van der Waals surface area contributed by atoms with Gasteiger partial charge in [0.2, 0.25) is 0 Å². The molecule has 2 aliphatic carbocycles. The molecule has 0 spiro atoms. The van der Waals surface area contributed by atoms with Gasteiger partial charge < -0.3 is 4.74 Å². The van der Waals surface area contributed by atoms with E-state index in [2.05, 4.69) is 12.7 Å². The van der Waals surface area contributed by atoms with Crippen LogP contribution in [-0.4, -0.2) is 6.61 Å². The predicted octanol–water partition coefficient (Wildman–Crippen LogP) is 9.58. The lowest BCUT2D eigenvalue weighted by molar-refractivity contribution is 0.141. The Labute approximate surface area is 210 Å². The molecule has 0 radical (unpaired) electrons. The molecule has 35 heavy (non-hydrogen) atoms. The van der Waals surface area contributed by atoms with Gasteiger partial charge in [0.15, 0.2) is 11.6 Å². The topological polar surface area (TPSA) is 9.23 Å². The third-order valence-corrected chi connectivity index (χ3v) is 8.70. The van der Waals surface area contributed by atoms with E-state index >= 15 is 0 Å². The number of halogens is 2. The zero-order valence-electron chi connectivity index (χ0n) is 21.4. The van der Waals surface area contributed by atoms with E-state index in [1.165, 1.54) is 57.8 Å². The van der Waals surface area contributed by atoms with E-state index in [1.807, 2.05) is 37.3 Å². The summed E-state index contributed by atoms with van der Waals surface area (Å²) in [5, 5.41) is 1.04. The molecule has 2 fully saturated rings. The molecule has 0 aliphatic heterocycles. The lowest BCUT2D eigenvalue weighted by atomic mass is 9.68. The highest BCUT2D eigenvalue weighted by Crippen LogP contribution is 2.43.